The maximum absolute atomic E-state index is 12.4. The van der Waals surface area contributed by atoms with E-state index in [0.29, 0.717) is 11.5 Å². The molecule has 154 valence electrons. The second-order valence-electron chi connectivity index (χ2n) is 7.18. The normalized spacial score (nSPS) is 11.2. The van der Waals surface area contributed by atoms with Crippen LogP contribution in [0.15, 0.2) is 30.3 Å². The van der Waals surface area contributed by atoms with Gasteiger partial charge in [0.2, 0.25) is 5.91 Å². The lowest BCUT2D eigenvalue weighted by Gasteiger charge is -2.08. The number of nitrogens with one attached hydrogen (secondary N) is 1. The molecule has 1 N–H and O–H groups in total. The smallest absolute Gasteiger partial charge is 0.234 e. The van der Waals surface area contributed by atoms with Crippen LogP contribution in [-0.4, -0.2) is 41.6 Å². The van der Waals surface area contributed by atoms with Crippen molar-refractivity contribution in [3.05, 3.63) is 53.1 Å². The Morgan fingerprint density at radius 2 is 1.97 bits per heavy atom. The summed E-state index contributed by atoms with van der Waals surface area (Å²) in [5.74, 6) is 1.65. The van der Waals surface area contributed by atoms with Gasteiger partial charge in [-0.3, -0.25) is 9.48 Å². The van der Waals surface area contributed by atoms with Crippen LogP contribution in [0.5, 0.6) is 0 Å². The Hall–Kier alpha value is -2.68. The van der Waals surface area contributed by atoms with Gasteiger partial charge in [-0.1, -0.05) is 30.3 Å². The van der Waals surface area contributed by atoms with Gasteiger partial charge >= 0.3 is 0 Å². The number of aromatic nitrogens is 6. The van der Waals surface area contributed by atoms with E-state index in [1.54, 1.807) is 4.68 Å². The average molecular weight is 414 g/mol. The number of carbonyl (C=O) groups excluding carboxylic acids is 1. The third kappa shape index (κ3) is 5.44. The minimum Gasteiger partial charge on any atom is -0.322 e. The molecule has 0 aliphatic carbocycles. The van der Waals surface area contributed by atoms with Crippen molar-refractivity contribution in [3.8, 4) is 0 Å². The summed E-state index contributed by atoms with van der Waals surface area (Å²) < 4.78 is 3.73. The Morgan fingerprint density at radius 3 is 2.69 bits per heavy atom. The molecule has 2 aromatic heterocycles. The van der Waals surface area contributed by atoms with Crippen molar-refractivity contribution in [2.24, 2.45) is 0 Å². The van der Waals surface area contributed by atoms with Crippen LogP contribution in [0.2, 0.25) is 0 Å². The van der Waals surface area contributed by atoms with E-state index in [9.17, 15) is 4.79 Å². The quantitative estimate of drug-likeness (QED) is 0.579. The maximum atomic E-state index is 12.4. The van der Waals surface area contributed by atoms with E-state index in [0.717, 1.165) is 35.9 Å². The zero-order valence-electron chi connectivity index (χ0n) is 17.3. The van der Waals surface area contributed by atoms with Crippen molar-refractivity contribution in [1.29, 1.82) is 0 Å². The van der Waals surface area contributed by atoms with Gasteiger partial charge in [-0.05, 0) is 50.1 Å². The van der Waals surface area contributed by atoms with Crippen molar-refractivity contribution in [3.63, 3.8) is 0 Å². The summed E-state index contributed by atoms with van der Waals surface area (Å²) in [5.41, 5.74) is 3.87. The van der Waals surface area contributed by atoms with Crippen LogP contribution in [0.3, 0.4) is 0 Å². The zero-order chi connectivity index (χ0) is 20.8. The first-order chi connectivity index (χ1) is 14.0. The van der Waals surface area contributed by atoms with E-state index >= 15 is 0 Å². The van der Waals surface area contributed by atoms with E-state index in [-0.39, 0.29) is 11.9 Å². The van der Waals surface area contributed by atoms with E-state index in [1.165, 1.54) is 17.3 Å². The molecule has 0 aliphatic heterocycles. The minimum absolute atomic E-state index is 0.0487. The van der Waals surface area contributed by atoms with Crippen molar-refractivity contribution in [2.75, 3.05) is 11.1 Å². The first kappa shape index (κ1) is 21.0. The lowest BCUT2D eigenvalue weighted by molar-refractivity contribution is -0.113. The molecule has 0 unspecified atom stereocenters. The Kier molecular flexibility index (Phi) is 7.03. The molecule has 0 saturated heterocycles. The molecular formula is C20H27N7OS. The molecule has 0 spiro atoms. The Bertz CT molecular complexity index is 949. The standard InChI is InChI=1S/C20H27N7OS/c1-14(2)27-18(22-24-25-27)12-29-13-19(28)21-20-15(3)23-26(16(20)4)11-10-17-8-6-5-7-9-17/h5-9,14H,10-13H2,1-4H3,(H,21,28). The summed E-state index contributed by atoms with van der Waals surface area (Å²) in [5, 5.41) is 19.3. The molecule has 0 saturated carbocycles. The molecule has 8 nitrogen and oxygen atoms in total. The number of rotatable bonds is 9. The molecule has 1 aromatic carbocycles. The average Bonchev–Trinajstić information content (AvgIpc) is 3.27. The van der Waals surface area contributed by atoms with Gasteiger partial charge in [0.15, 0.2) is 5.82 Å². The Balaban J connectivity index is 1.53. The summed E-state index contributed by atoms with van der Waals surface area (Å²) >= 11 is 1.49. The molecule has 3 aromatic rings. The van der Waals surface area contributed by atoms with Crippen LogP contribution in [0, 0.1) is 13.8 Å². The molecule has 0 bridgehead atoms. The van der Waals surface area contributed by atoms with Crippen molar-refractivity contribution in [1.82, 2.24) is 30.0 Å². The van der Waals surface area contributed by atoms with Gasteiger partial charge in [0.05, 0.1) is 34.6 Å². The molecular weight excluding hydrogens is 386 g/mol. The van der Waals surface area contributed by atoms with Gasteiger partial charge < -0.3 is 5.32 Å². The highest BCUT2D eigenvalue weighted by molar-refractivity contribution is 7.99. The molecule has 0 atom stereocenters. The third-order valence-electron chi connectivity index (χ3n) is 4.62. The van der Waals surface area contributed by atoms with Crippen molar-refractivity contribution in [2.45, 2.75) is 52.5 Å². The predicted octanol–water partition coefficient (Wildman–Crippen LogP) is 3.18. The first-order valence-corrected chi connectivity index (χ1v) is 10.8. The van der Waals surface area contributed by atoms with Crippen LogP contribution >= 0.6 is 11.8 Å². The number of hydrogen-bond acceptors (Lipinski definition) is 6. The van der Waals surface area contributed by atoms with Gasteiger partial charge in [-0.25, -0.2) is 4.68 Å². The molecule has 0 aliphatic rings. The van der Waals surface area contributed by atoms with E-state index in [4.69, 9.17) is 0 Å². The number of amides is 1. The summed E-state index contributed by atoms with van der Waals surface area (Å²) in [7, 11) is 0. The predicted molar refractivity (Wildman–Crippen MR) is 115 cm³/mol. The summed E-state index contributed by atoms with van der Waals surface area (Å²) in [4.78, 5) is 12.4. The van der Waals surface area contributed by atoms with E-state index < -0.39 is 0 Å². The second kappa shape index (κ2) is 9.69. The van der Waals surface area contributed by atoms with Crippen LogP contribution in [0.25, 0.3) is 0 Å². The highest BCUT2D eigenvalue weighted by Gasteiger charge is 2.15. The number of aryl methyl sites for hydroxylation is 3. The van der Waals surface area contributed by atoms with Gasteiger partial charge in [0.25, 0.3) is 0 Å². The van der Waals surface area contributed by atoms with Gasteiger partial charge in [0, 0.05) is 6.54 Å². The summed E-state index contributed by atoms with van der Waals surface area (Å²) in [6.07, 6.45) is 0.899. The molecule has 9 heteroatoms. The fourth-order valence-corrected chi connectivity index (χ4v) is 3.83. The number of thioether (sulfide) groups is 1. The monoisotopic (exact) mass is 413 g/mol. The van der Waals surface area contributed by atoms with Crippen LogP contribution in [-0.2, 0) is 23.5 Å². The van der Waals surface area contributed by atoms with Crippen LogP contribution in [0.4, 0.5) is 5.69 Å². The minimum atomic E-state index is -0.0487. The number of carbonyl (C=O) groups is 1. The SMILES string of the molecule is Cc1nn(CCc2ccccc2)c(C)c1NC(=O)CSCc1nnnn1C(C)C. The topological polar surface area (TPSA) is 90.5 Å². The molecule has 3 rings (SSSR count). The number of tetrazole rings is 1. The summed E-state index contributed by atoms with van der Waals surface area (Å²) in [6, 6.07) is 10.5. The molecule has 29 heavy (non-hydrogen) atoms. The Labute approximate surface area is 175 Å². The highest BCUT2D eigenvalue weighted by Crippen LogP contribution is 2.21. The second-order valence-corrected chi connectivity index (χ2v) is 8.16. The molecule has 1 amide bonds. The number of nitrogens with zero attached hydrogens (tertiary/aromatic N) is 6. The number of anilines is 1. The van der Waals surface area contributed by atoms with Gasteiger partial charge in [0.1, 0.15) is 0 Å². The van der Waals surface area contributed by atoms with E-state index in [1.807, 2.05) is 50.6 Å². The maximum Gasteiger partial charge on any atom is 0.234 e. The fourth-order valence-electron chi connectivity index (χ4n) is 3.09. The lowest BCUT2D eigenvalue weighted by atomic mass is 10.1. The first-order valence-electron chi connectivity index (χ1n) is 9.68. The fraction of sp³-hybridized carbons (Fsp3) is 0.450. The van der Waals surface area contributed by atoms with Crippen LogP contribution < -0.4 is 5.32 Å². The molecule has 0 radical (unpaired) electrons. The van der Waals surface area contributed by atoms with Gasteiger partial charge in [-0.15, -0.1) is 16.9 Å². The third-order valence-corrected chi connectivity index (χ3v) is 5.54. The molecule has 0 fully saturated rings. The highest BCUT2D eigenvalue weighted by atomic mass is 32.2. The van der Waals surface area contributed by atoms with Crippen LogP contribution in [0.1, 0.15) is 42.7 Å². The van der Waals surface area contributed by atoms with Crippen molar-refractivity contribution >= 4 is 23.4 Å². The Morgan fingerprint density at radius 1 is 1.21 bits per heavy atom. The summed E-state index contributed by atoms with van der Waals surface area (Å²) in [6.45, 7) is 8.74. The lowest BCUT2D eigenvalue weighted by Crippen LogP contribution is -2.16. The number of hydrogen-bond donors (Lipinski definition) is 1. The molecule has 2 heterocycles. The van der Waals surface area contributed by atoms with E-state index in [2.05, 4.69) is 38.1 Å². The zero-order valence-corrected chi connectivity index (χ0v) is 18.1. The van der Waals surface area contributed by atoms with Crippen molar-refractivity contribution < 1.29 is 4.79 Å². The van der Waals surface area contributed by atoms with Gasteiger partial charge in [-0.2, -0.15) is 5.10 Å². The number of benzene rings is 1. The largest absolute Gasteiger partial charge is 0.322 e.